The molecule has 1 N–H and O–H groups in total. The summed E-state index contributed by atoms with van der Waals surface area (Å²) >= 11 is 0. The van der Waals surface area contributed by atoms with Crippen molar-refractivity contribution in [1.82, 2.24) is 4.98 Å². The largest absolute Gasteiger partial charge is 0.411 e. The third-order valence-electron chi connectivity index (χ3n) is 3.26. The topological polar surface area (TPSA) is 48.7 Å². The van der Waals surface area contributed by atoms with Gasteiger partial charge in [0, 0.05) is 24.8 Å². The average Bonchev–Trinajstić information content (AvgIpc) is 2.60. The lowest BCUT2D eigenvalue weighted by Gasteiger charge is -2.21. The third-order valence-corrected chi connectivity index (χ3v) is 3.26. The second kappa shape index (κ2) is 5.66. The fourth-order valence-corrected chi connectivity index (χ4v) is 2.22. The summed E-state index contributed by atoms with van der Waals surface area (Å²) in [4.78, 5) is 6.79. The van der Waals surface area contributed by atoms with Gasteiger partial charge in [0.05, 0.1) is 6.21 Å². The Morgan fingerprint density at radius 3 is 2.59 bits per heavy atom. The van der Waals surface area contributed by atoms with Crippen molar-refractivity contribution in [3.63, 3.8) is 0 Å². The normalized spacial score (nSPS) is 17.4. The molecule has 1 saturated heterocycles. The van der Waals surface area contributed by atoms with E-state index >= 15 is 0 Å². The summed E-state index contributed by atoms with van der Waals surface area (Å²) in [5.41, 5.74) is 1.96. The molecule has 0 unspecified atom stereocenters. The van der Waals surface area contributed by atoms with E-state index in [0.717, 1.165) is 30.0 Å². The summed E-state index contributed by atoms with van der Waals surface area (Å²) < 4.78 is 0. The minimum absolute atomic E-state index is 0.867. The van der Waals surface area contributed by atoms with Crippen molar-refractivity contribution >= 4 is 12.0 Å². The van der Waals surface area contributed by atoms with Gasteiger partial charge in [-0.2, -0.15) is 0 Å². The number of aryl methyl sites for hydroxylation is 1. The van der Waals surface area contributed by atoms with E-state index in [1.165, 1.54) is 31.9 Å². The molecule has 4 nitrogen and oxygen atoms in total. The predicted octanol–water partition coefficient (Wildman–Crippen LogP) is 2.58. The fraction of sp³-hybridized carbons (Fsp3) is 0.538. The van der Waals surface area contributed by atoms with Crippen molar-refractivity contribution < 1.29 is 5.21 Å². The van der Waals surface area contributed by atoms with Gasteiger partial charge >= 0.3 is 0 Å². The Hall–Kier alpha value is -1.58. The number of oxime groups is 1. The van der Waals surface area contributed by atoms with Crippen molar-refractivity contribution in [1.29, 1.82) is 0 Å². The van der Waals surface area contributed by atoms with E-state index in [4.69, 9.17) is 5.21 Å². The smallest absolute Gasteiger partial charge is 0.128 e. The summed E-state index contributed by atoms with van der Waals surface area (Å²) in [6.07, 6.45) is 8.35. The van der Waals surface area contributed by atoms with Crippen molar-refractivity contribution in [3.05, 3.63) is 23.4 Å². The molecule has 17 heavy (non-hydrogen) atoms. The first kappa shape index (κ1) is 11.9. The first-order valence-electron chi connectivity index (χ1n) is 6.20. The summed E-state index contributed by atoms with van der Waals surface area (Å²) in [6.45, 7) is 4.21. The van der Waals surface area contributed by atoms with E-state index in [1.54, 1.807) is 6.20 Å². The molecule has 1 aliphatic rings. The van der Waals surface area contributed by atoms with E-state index < -0.39 is 0 Å². The number of anilines is 1. The van der Waals surface area contributed by atoms with Crippen molar-refractivity contribution in [2.24, 2.45) is 5.16 Å². The average molecular weight is 233 g/mol. The highest BCUT2D eigenvalue weighted by Gasteiger charge is 2.11. The van der Waals surface area contributed by atoms with Crippen molar-refractivity contribution in [2.45, 2.75) is 32.6 Å². The van der Waals surface area contributed by atoms with E-state index in [0.29, 0.717) is 0 Å². The number of aromatic nitrogens is 1. The van der Waals surface area contributed by atoms with Crippen LogP contribution in [0.15, 0.2) is 17.4 Å². The van der Waals surface area contributed by atoms with E-state index in [-0.39, 0.29) is 0 Å². The lowest BCUT2D eigenvalue weighted by atomic mass is 10.1. The maximum Gasteiger partial charge on any atom is 0.128 e. The second-order valence-corrected chi connectivity index (χ2v) is 4.54. The Morgan fingerprint density at radius 1 is 1.29 bits per heavy atom. The van der Waals surface area contributed by atoms with Gasteiger partial charge in [0.15, 0.2) is 0 Å². The van der Waals surface area contributed by atoms with Crippen LogP contribution in [0.25, 0.3) is 0 Å². The number of hydrogen-bond donors (Lipinski definition) is 1. The highest BCUT2D eigenvalue weighted by Crippen LogP contribution is 2.19. The predicted molar refractivity (Wildman–Crippen MR) is 69.0 cm³/mol. The molecule has 0 aliphatic carbocycles. The van der Waals surface area contributed by atoms with Crippen LogP contribution in [0.5, 0.6) is 0 Å². The number of nitrogens with zero attached hydrogens (tertiary/aromatic N) is 3. The summed E-state index contributed by atoms with van der Waals surface area (Å²) in [5.74, 6) is 1.04. The summed E-state index contributed by atoms with van der Waals surface area (Å²) in [6, 6.07) is 2.07. The molecule has 0 radical (unpaired) electrons. The highest BCUT2D eigenvalue weighted by atomic mass is 16.4. The molecule has 1 aliphatic heterocycles. The SMILES string of the molecule is Cc1cc(N2CCCCCC2)ncc1/C=N/O. The van der Waals surface area contributed by atoms with E-state index in [9.17, 15) is 0 Å². The number of hydrogen-bond acceptors (Lipinski definition) is 4. The molecule has 0 bridgehead atoms. The van der Waals surface area contributed by atoms with Crippen molar-refractivity contribution in [2.75, 3.05) is 18.0 Å². The number of pyridine rings is 1. The van der Waals surface area contributed by atoms with Gasteiger partial charge in [0.1, 0.15) is 5.82 Å². The Kier molecular flexibility index (Phi) is 3.96. The minimum atomic E-state index is 0.867. The molecule has 0 aromatic carbocycles. The molecule has 0 saturated carbocycles. The van der Waals surface area contributed by atoms with Gasteiger partial charge in [0.25, 0.3) is 0 Å². The van der Waals surface area contributed by atoms with Gasteiger partial charge in [0.2, 0.25) is 0 Å². The van der Waals surface area contributed by atoms with Gasteiger partial charge in [-0.25, -0.2) is 4.98 Å². The third kappa shape index (κ3) is 2.96. The molecular formula is C13H19N3O. The Bertz CT molecular complexity index is 396. The van der Waals surface area contributed by atoms with E-state index in [2.05, 4.69) is 21.1 Å². The molecule has 1 fully saturated rings. The van der Waals surface area contributed by atoms with Crippen LogP contribution in [0.4, 0.5) is 5.82 Å². The lowest BCUT2D eigenvalue weighted by molar-refractivity contribution is 0.322. The molecule has 0 amide bonds. The Labute approximate surface area is 102 Å². The minimum Gasteiger partial charge on any atom is -0.411 e. The standard InChI is InChI=1S/C13H19N3O/c1-11-8-13(14-9-12(11)10-15-17)16-6-4-2-3-5-7-16/h8-10,17H,2-7H2,1H3/b15-10+. The van der Waals surface area contributed by atoms with Crippen LogP contribution in [0.3, 0.4) is 0 Å². The molecule has 2 rings (SSSR count). The maximum atomic E-state index is 8.53. The zero-order valence-corrected chi connectivity index (χ0v) is 10.3. The molecular weight excluding hydrogens is 214 g/mol. The van der Waals surface area contributed by atoms with Gasteiger partial charge in [-0.05, 0) is 31.4 Å². The van der Waals surface area contributed by atoms with Gasteiger partial charge in [-0.3, -0.25) is 0 Å². The van der Waals surface area contributed by atoms with Crippen LogP contribution in [-0.2, 0) is 0 Å². The van der Waals surface area contributed by atoms with Crippen LogP contribution in [0.2, 0.25) is 0 Å². The van der Waals surface area contributed by atoms with Crippen LogP contribution in [0.1, 0.15) is 36.8 Å². The molecule has 0 atom stereocenters. The Balaban J connectivity index is 2.18. The molecule has 92 valence electrons. The monoisotopic (exact) mass is 233 g/mol. The molecule has 1 aromatic heterocycles. The zero-order chi connectivity index (χ0) is 12.1. The molecule has 0 spiro atoms. The summed E-state index contributed by atoms with van der Waals surface area (Å²) in [7, 11) is 0. The Morgan fingerprint density at radius 2 is 2.00 bits per heavy atom. The molecule has 2 heterocycles. The first-order chi connectivity index (χ1) is 8.31. The van der Waals surface area contributed by atoms with Crippen LogP contribution < -0.4 is 4.90 Å². The van der Waals surface area contributed by atoms with Gasteiger partial charge in [-0.1, -0.05) is 18.0 Å². The molecule has 4 heteroatoms. The maximum absolute atomic E-state index is 8.53. The summed E-state index contributed by atoms with van der Waals surface area (Å²) in [5, 5.41) is 11.6. The fourth-order valence-electron chi connectivity index (χ4n) is 2.22. The number of rotatable bonds is 2. The van der Waals surface area contributed by atoms with Gasteiger partial charge in [-0.15, -0.1) is 0 Å². The van der Waals surface area contributed by atoms with Crippen molar-refractivity contribution in [3.8, 4) is 0 Å². The lowest BCUT2D eigenvalue weighted by Crippen LogP contribution is -2.25. The van der Waals surface area contributed by atoms with E-state index in [1.807, 2.05) is 6.92 Å². The second-order valence-electron chi connectivity index (χ2n) is 4.54. The zero-order valence-electron chi connectivity index (χ0n) is 10.3. The van der Waals surface area contributed by atoms with Crippen LogP contribution >= 0.6 is 0 Å². The van der Waals surface area contributed by atoms with Crippen LogP contribution in [-0.4, -0.2) is 29.5 Å². The first-order valence-corrected chi connectivity index (χ1v) is 6.20. The highest BCUT2D eigenvalue weighted by molar-refractivity contribution is 5.81. The quantitative estimate of drug-likeness (QED) is 0.485. The molecule has 1 aromatic rings. The van der Waals surface area contributed by atoms with Gasteiger partial charge < -0.3 is 10.1 Å². The van der Waals surface area contributed by atoms with Crippen LogP contribution in [0, 0.1) is 6.92 Å².